The van der Waals surface area contributed by atoms with Gasteiger partial charge in [0.25, 0.3) is 0 Å². The van der Waals surface area contributed by atoms with Crippen molar-refractivity contribution in [2.75, 3.05) is 37.4 Å². The third kappa shape index (κ3) is 6.43. The van der Waals surface area contributed by atoms with Gasteiger partial charge in [0, 0.05) is 31.0 Å². The molecule has 2 N–H and O–H groups in total. The van der Waals surface area contributed by atoms with Crippen LogP contribution >= 0.6 is 0 Å². The predicted molar refractivity (Wildman–Crippen MR) is 146 cm³/mol. The minimum Gasteiger partial charge on any atom is -0.383 e. The number of hydrogen-bond donors (Lipinski definition) is 2. The molecule has 1 heterocycles. The van der Waals surface area contributed by atoms with Crippen molar-refractivity contribution in [2.24, 2.45) is 0 Å². The maximum atomic E-state index is 13.6. The smallest absolute Gasteiger partial charge is 0.322 e. The first-order chi connectivity index (χ1) is 18.4. The van der Waals surface area contributed by atoms with Gasteiger partial charge in [0.15, 0.2) is 0 Å². The molecule has 0 atom stereocenters. The molecule has 4 rings (SSSR count). The molecule has 0 aliphatic heterocycles. The molecule has 0 aliphatic carbocycles. The van der Waals surface area contributed by atoms with Crippen molar-refractivity contribution in [1.82, 2.24) is 14.7 Å². The Morgan fingerprint density at radius 2 is 1.71 bits per heavy atom. The topological polar surface area (TPSA) is 88.5 Å². The summed E-state index contributed by atoms with van der Waals surface area (Å²) in [4.78, 5) is 27.7. The van der Waals surface area contributed by atoms with Gasteiger partial charge < -0.3 is 20.3 Å². The van der Waals surface area contributed by atoms with E-state index in [1.54, 1.807) is 18.2 Å². The van der Waals surface area contributed by atoms with Crippen LogP contribution in [0.5, 0.6) is 0 Å². The summed E-state index contributed by atoms with van der Waals surface area (Å²) >= 11 is 0. The standard InChI is InChI=1S/C29H30FN5O3/c1-20-8-7-11-25(21(20)2)31-29(37)34(16-17-38-3)19-28(36)32-27-18-26(22-9-5-4-6-10-22)33-35(27)24-14-12-23(30)13-15-24/h4-15,18H,16-17,19H2,1-3H3,(H,31,37)(H,32,36). The summed E-state index contributed by atoms with van der Waals surface area (Å²) in [5.41, 5.74) is 4.75. The van der Waals surface area contributed by atoms with E-state index in [2.05, 4.69) is 15.7 Å². The SMILES string of the molecule is COCCN(CC(=O)Nc1cc(-c2ccccc2)nn1-c1ccc(F)cc1)C(=O)Nc1cccc(C)c1C. The fraction of sp³-hybridized carbons (Fsp3) is 0.207. The predicted octanol–water partition coefficient (Wildman–Crippen LogP) is 5.41. The first kappa shape index (κ1) is 26.6. The van der Waals surface area contributed by atoms with Gasteiger partial charge in [-0.25, -0.2) is 13.9 Å². The number of anilines is 2. The fourth-order valence-corrected chi connectivity index (χ4v) is 3.89. The summed E-state index contributed by atoms with van der Waals surface area (Å²) in [6.45, 7) is 4.16. The van der Waals surface area contributed by atoms with Crippen LogP contribution < -0.4 is 10.6 Å². The van der Waals surface area contributed by atoms with Crippen molar-refractivity contribution in [3.63, 3.8) is 0 Å². The zero-order valence-corrected chi connectivity index (χ0v) is 21.6. The van der Waals surface area contributed by atoms with Gasteiger partial charge in [-0.05, 0) is 55.3 Å². The maximum absolute atomic E-state index is 13.6. The van der Waals surface area contributed by atoms with Gasteiger partial charge in [0.1, 0.15) is 18.2 Å². The number of methoxy groups -OCH3 is 1. The molecule has 1 aromatic heterocycles. The molecule has 9 heteroatoms. The highest BCUT2D eigenvalue weighted by Crippen LogP contribution is 2.25. The minimum absolute atomic E-state index is 0.213. The second kappa shape index (κ2) is 12.2. The third-order valence-electron chi connectivity index (χ3n) is 6.15. The molecule has 0 saturated carbocycles. The highest BCUT2D eigenvalue weighted by molar-refractivity contribution is 5.97. The van der Waals surface area contributed by atoms with Crippen molar-refractivity contribution < 1.29 is 18.7 Å². The number of aryl methyl sites for hydroxylation is 1. The molecule has 0 radical (unpaired) electrons. The van der Waals surface area contributed by atoms with Gasteiger partial charge in [-0.3, -0.25) is 4.79 Å². The van der Waals surface area contributed by atoms with E-state index in [1.807, 2.05) is 62.4 Å². The van der Waals surface area contributed by atoms with Crippen LogP contribution in [0.25, 0.3) is 16.9 Å². The Morgan fingerprint density at radius 1 is 0.974 bits per heavy atom. The fourth-order valence-electron chi connectivity index (χ4n) is 3.89. The zero-order valence-electron chi connectivity index (χ0n) is 21.6. The molecule has 8 nitrogen and oxygen atoms in total. The van der Waals surface area contributed by atoms with Gasteiger partial charge in [-0.2, -0.15) is 5.10 Å². The molecule has 0 fully saturated rings. The first-order valence-corrected chi connectivity index (χ1v) is 12.2. The van der Waals surface area contributed by atoms with E-state index in [-0.39, 0.29) is 25.5 Å². The number of carbonyl (C=O) groups is 2. The Labute approximate surface area is 221 Å². The van der Waals surface area contributed by atoms with Crippen LogP contribution in [0.15, 0.2) is 78.9 Å². The second-order valence-electron chi connectivity index (χ2n) is 8.81. The quantitative estimate of drug-likeness (QED) is 0.312. The molecular weight excluding hydrogens is 485 g/mol. The summed E-state index contributed by atoms with van der Waals surface area (Å²) in [5, 5.41) is 10.4. The number of carbonyl (C=O) groups excluding carboxylic acids is 2. The van der Waals surface area contributed by atoms with Gasteiger partial charge in [-0.15, -0.1) is 0 Å². The number of benzene rings is 3. The maximum Gasteiger partial charge on any atom is 0.322 e. The Kier molecular flexibility index (Phi) is 8.50. The van der Waals surface area contributed by atoms with Crippen molar-refractivity contribution in [3.8, 4) is 16.9 Å². The summed E-state index contributed by atoms with van der Waals surface area (Å²) in [6.07, 6.45) is 0. The number of ether oxygens (including phenoxy) is 1. The van der Waals surface area contributed by atoms with Crippen LogP contribution in [0.2, 0.25) is 0 Å². The van der Waals surface area contributed by atoms with Crippen molar-refractivity contribution in [3.05, 3.63) is 95.8 Å². The van der Waals surface area contributed by atoms with E-state index in [0.717, 1.165) is 16.7 Å². The van der Waals surface area contributed by atoms with Crippen LogP contribution in [0.4, 0.5) is 20.7 Å². The number of urea groups is 1. The largest absolute Gasteiger partial charge is 0.383 e. The lowest BCUT2D eigenvalue weighted by Gasteiger charge is -2.23. The molecule has 196 valence electrons. The molecule has 3 amide bonds. The van der Waals surface area contributed by atoms with E-state index in [0.29, 0.717) is 22.9 Å². The van der Waals surface area contributed by atoms with E-state index >= 15 is 0 Å². The normalized spacial score (nSPS) is 10.7. The highest BCUT2D eigenvalue weighted by atomic mass is 19.1. The minimum atomic E-state index is -0.417. The molecule has 0 spiro atoms. The van der Waals surface area contributed by atoms with E-state index < -0.39 is 11.9 Å². The lowest BCUT2D eigenvalue weighted by atomic mass is 10.1. The van der Waals surface area contributed by atoms with Gasteiger partial charge in [-0.1, -0.05) is 42.5 Å². The van der Waals surface area contributed by atoms with Crippen molar-refractivity contribution in [2.45, 2.75) is 13.8 Å². The van der Waals surface area contributed by atoms with E-state index in [9.17, 15) is 14.0 Å². The van der Waals surface area contributed by atoms with Crippen LogP contribution in [-0.4, -0.2) is 53.4 Å². The number of halogens is 1. The van der Waals surface area contributed by atoms with Crippen molar-refractivity contribution >= 4 is 23.4 Å². The van der Waals surface area contributed by atoms with Gasteiger partial charge in [0.2, 0.25) is 5.91 Å². The lowest BCUT2D eigenvalue weighted by molar-refractivity contribution is -0.116. The third-order valence-corrected chi connectivity index (χ3v) is 6.15. The molecular formula is C29H30FN5O3. The van der Waals surface area contributed by atoms with Crippen LogP contribution in [0.1, 0.15) is 11.1 Å². The monoisotopic (exact) mass is 515 g/mol. The Morgan fingerprint density at radius 3 is 2.42 bits per heavy atom. The van der Waals surface area contributed by atoms with Crippen LogP contribution in [0.3, 0.4) is 0 Å². The summed E-state index contributed by atoms with van der Waals surface area (Å²) in [6, 6.07) is 22.3. The van der Waals surface area contributed by atoms with E-state index in [4.69, 9.17) is 4.74 Å². The number of nitrogens with zero attached hydrogens (tertiary/aromatic N) is 3. The first-order valence-electron chi connectivity index (χ1n) is 12.2. The molecule has 0 unspecified atom stereocenters. The molecule has 4 aromatic rings. The second-order valence-corrected chi connectivity index (χ2v) is 8.81. The summed E-state index contributed by atoms with van der Waals surface area (Å²) < 4.78 is 20.2. The van der Waals surface area contributed by atoms with E-state index in [1.165, 1.54) is 28.8 Å². The van der Waals surface area contributed by atoms with Crippen LogP contribution in [0, 0.1) is 19.7 Å². The van der Waals surface area contributed by atoms with Crippen LogP contribution in [-0.2, 0) is 9.53 Å². The number of hydrogen-bond acceptors (Lipinski definition) is 4. The molecule has 0 bridgehead atoms. The average Bonchev–Trinajstić information content (AvgIpc) is 3.33. The number of rotatable bonds is 9. The number of aromatic nitrogens is 2. The zero-order chi connectivity index (χ0) is 27.1. The average molecular weight is 516 g/mol. The summed E-state index contributed by atoms with van der Waals surface area (Å²) in [5.74, 6) is -0.402. The Hall–Kier alpha value is -4.50. The van der Waals surface area contributed by atoms with Gasteiger partial charge in [0.05, 0.1) is 18.0 Å². The highest BCUT2D eigenvalue weighted by Gasteiger charge is 2.20. The summed E-state index contributed by atoms with van der Waals surface area (Å²) in [7, 11) is 1.53. The molecule has 0 aliphatic rings. The van der Waals surface area contributed by atoms with Crippen molar-refractivity contribution in [1.29, 1.82) is 0 Å². The number of nitrogens with one attached hydrogen (secondary N) is 2. The van der Waals surface area contributed by atoms with Gasteiger partial charge >= 0.3 is 6.03 Å². The molecule has 38 heavy (non-hydrogen) atoms. The molecule has 0 saturated heterocycles. The Balaban J connectivity index is 1.56. The lowest BCUT2D eigenvalue weighted by Crippen LogP contribution is -2.42. The molecule has 3 aromatic carbocycles. The Bertz CT molecular complexity index is 1400. The number of amides is 3.